The molecular formula is C12H27NO2. The number of hydrogen-bond donors (Lipinski definition) is 1. The van der Waals surface area contributed by atoms with Gasteiger partial charge in [-0.05, 0) is 25.7 Å². The molecule has 0 saturated carbocycles. The fraction of sp³-hybridized carbons (Fsp3) is 1.00. The Morgan fingerprint density at radius 2 is 1.73 bits per heavy atom. The highest BCUT2D eigenvalue weighted by Crippen LogP contribution is 2.05. The van der Waals surface area contributed by atoms with E-state index >= 15 is 0 Å². The van der Waals surface area contributed by atoms with Crippen LogP contribution in [0.5, 0.6) is 0 Å². The molecule has 0 aliphatic heterocycles. The Hall–Kier alpha value is -0.120. The lowest BCUT2D eigenvalue weighted by Crippen LogP contribution is -2.30. The number of ether oxygens (including phenoxy) is 2. The van der Waals surface area contributed by atoms with Gasteiger partial charge in [-0.25, -0.2) is 0 Å². The summed E-state index contributed by atoms with van der Waals surface area (Å²) in [4.78, 5) is 0. The molecule has 0 aromatic carbocycles. The van der Waals surface area contributed by atoms with E-state index in [0.29, 0.717) is 19.3 Å². The van der Waals surface area contributed by atoms with Crippen LogP contribution in [-0.4, -0.2) is 39.5 Å². The predicted octanol–water partition coefficient (Wildman–Crippen LogP) is 2.06. The fourth-order valence-electron chi connectivity index (χ4n) is 1.31. The lowest BCUT2D eigenvalue weighted by molar-refractivity contribution is 0.0711. The van der Waals surface area contributed by atoms with Crippen LogP contribution in [0.3, 0.4) is 0 Å². The number of hydrogen-bond acceptors (Lipinski definition) is 3. The summed E-state index contributed by atoms with van der Waals surface area (Å²) in [6.45, 7) is 9.85. The highest BCUT2D eigenvalue weighted by Gasteiger charge is 2.02. The standard InChI is InChI=1S/C12H27NO2/c1-11(2)5-6-12(3)13-7-8-15-10-9-14-4/h11-13H,5-10H2,1-4H3. The Morgan fingerprint density at radius 3 is 2.33 bits per heavy atom. The monoisotopic (exact) mass is 217 g/mol. The molecule has 0 fully saturated rings. The first-order valence-corrected chi connectivity index (χ1v) is 5.97. The van der Waals surface area contributed by atoms with E-state index in [2.05, 4.69) is 26.1 Å². The van der Waals surface area contributed by atoms with Gasteiger partial charge in [0.25, 0.3) is 0 Å². The SMILES string of the molecule is COCCOCCNC(C)CCC(C)C. The third kappa shape index (κ3) is 11.8. The van der Waals surface area contributed by atoms with Gasteiger partial charge in [0.05, 0.1) is 19.8 Å². The molecule has 0 heterocycles. The Labute approximate surface area is 94.5 Å². The van der Waals surface area contributed by atoms with Gasteiger partial charge in [0.1, 0.15) is 0 Å². The molecule has 1 unspecified atom stereocenters. The summed E-state index contributed by atoms with van der Waals surface area (Å²) in [6.07, 6.45) is 2.54. The molecule has 3 heteroatoms. The van der Waals surface area contributed by atoms with Gasteiger partial charge in [0, 0.05) is 19.7 Å². The third-order valence-corrected chi connectivity index (χ3v) is 2.35. The van der Waals surface area contributed by atoms with E-state index in [1.165, 1.54) is 12.8 Å². The van der Waals surface area contributed by atoms with Crippen LogP contribution in [-0.2, 0) is 9.47 Å². The Bertz CT molecular complexity index is 129. The molecule has 92 valence electrons. The lowest BCUT2D eigenvalue weighted by atomic mass is 10.0. The first-order valence-electron chi connectivity index (χ1n) is 5.97. The summed E-state index contributed by atoms with van der Waals surface area (Å²) < 4.78 is 10.3. The van der Waals surface area contributed by atoms with E-state index in [1.807, 2.05) is 0 Å². The third-order valence-electron chi connectivity index (χ3n) is 2.35. The summed E-state index contributed by atoms with van der Waals surface area (Å²) in [5, 5.41) is 3.45. The second kappa shape index (κ2) is 10.4. The van der Waals surface area contributed by atoms with Crippen molar-refractivity contribution < 1.29 is 9.47 Å². The van der Waals surface area contributed by atoms with Crippen LogP contribution in [0.25, 0.3) is 0 Å². The number of methoxy groups -OCH3 is 1. The van der Waals surface area contributed by atoms with Crippen molar-refractivity contribution in [2.24, 2.45) is 5.92 Å². The van der Waals surface area contributed by atoms with Crippen molar-refractivity contribution in [2.75, 3.05) is 33.5 Å². The molecule has 0 bridgehead atoms. The van der Waals surface area contributed by atoms with Gasteiger partial charge >= 0.3 is 0 Å². The second-order valence-corrected chi connectivity index (χ2v) is 4.43. The summed E-state index contributed by atoms with van der Waals surface area (Å²) in [6, 6.07) is 0.596. The molecule has 15 heavy (non-hydrogen) atoms. The van der Waals surface area contributed by atoms with Gasteiger partial charge in [-0.1, -0.05) is 13.8 Å². The van der Waals surface area contributed by atoms with Crippen molar-refractivity contribution >= 4 is 0 Å². The predicted molar refractivity (Wildman–Crippen MR) is 64.2 cm³/mol. The normalized spacial score (nSPS) is 13.4. The van der Waals surface area contributed by atoms with Crippen LogP contribution >= 0.6 is 0 Å². The van der Waals surface area contributed by atoms with E-state index in [-0.39, 0.29) is 0 Å². The zero-order chi connectivity index (χ0) is 11.5. The van der Waals surface area contributed by atoms with E-state index in [0.717, 1.165) is 19.1 Å². The molecule has 1 N–H and O–H groups in total. The largest absolute Gasteiger partial charge is 0.382 e. The van der Waals surface area contributed by atoms with Gasteiger partial charge in [0.2, 0.25) is 0 Å². The molecule has 0 radical (unpaired) electrons. The van der Waals surface area contributed by atoms with Crippen molar-refractivity contribution in [1.29, 1.82) is 0 Å². The summed E-state index contributed by atoms with van der Waals surface area (Å²) in [5.41, 5.74) is 0. The van der Waals surface area contributed by atoms with Crippen molar-refractivity contribution in [3.05, 3.63) is 0 Å². The Morgan fingerprint density at radius 1 is 1.00 bits per heavy atom. The molecular weight excluding hydrogens is 190 g/mol. The van der Waals surface area contributed by atoms with Crippen molar-refractivity contribution in [3.8, 4) is 0 Å². The average molecular weight is 217 g/mol. The number of rotatable bonds is 10. The fourth-order valence-corrected chi connectivity index (χ4v) is 1.31. The molecule has 1 atom stereocenters. The molecule has 0 saturated heterocycles. The van der Waals surface area contributed by atoms with Crippen LogP contribution in [0.2, 0.25) is 0 Å². The van der Waals surface area contributed by atoms with Crippen LogP contribution in [0.1, 0.15) is 33.6 Å². The van der Waals surface area contributed by atoms with Crippen LogP contribution in [0.4, 0.5) is 0 Å². The zero-order valence-corrected chi connectivity index (χ0v) is 10.7. The zero-order valence-electron chi connectivity index (χ0n) is 10.7. The molecule has 0 amide bonds. The highest BCUT2D eigenvalue weighted by molar-refractivity contribution is 4.61. The molecule has 0 aromatic rings. The first kappa shape index (κ1) is 14.9. The van der Waals surface area contributed by atoms with Crippen molar-refractivity contribution in [2.45, 2.75) is 39.7 Å². The minimum Gasteiger partial charge on any atom is -0.382 e. The maximum Gasteiger partial charge on any atom is 0.0700 e. The smallest absolute Gasteiger partial charge is 0.0700 e. The van der Waals surface area contributed by atoms with Gasteiger partial charge in [-0.2, -0.15) is 0 Å². The molecule has 0 aliphatic carbocycles. The van der Waals surface area contributed by atoms with E-state index < -0.39 is 0 Å². The minimum atomic E-state index is 0.596. The molecule has 0 aliphatic rings. The van der Waals surface area contributed by atoms with Crippen LogP contribution < -0.4 is 5.32 Å². The topological polar surface area (TPSA) is 30.5 Å². The van der Waals surface area contributed by atoms with Crippen molar-refractivity contribution in [1.82, 2.24) is 5.32 Å². The van der Waals surface area contributed by atoms with Crippen LogP contribution in [0, 0.1) is 5.92 Å². The second-order valence-electron chi connectivity index (χ2n) is 4.43. The van der Waals surface area contributed by atoms with Crippen molar-refractivity contribution in [3.63, 3.8) is 0 Å². The lowest BCUT2D eigenvalue weighted by Gasteiger charge is -2.14. The van der Waals surface area contributed by atoms with Gasteiger partial charge in [0.15, 0.2) is 0 Å². The maximum absolute atomic E-state index is 5.36. The van der Waals surface area contributed by atoms with Gasteiger partial charge < -0.3 is 14.8 Å². The molecule has 0 rings (SSSR count). The Kier molecular flexibility index (Phi) is 10.3. The molecule has 0 aromatic heterocycles. The summed E-state index contributed by atoms with van der Waals surface area (Å²) in [5.74, 6) is 0.798. The van der Waals surface area contributed by atoms with E-state index in [1.54, 1.807) is 7.11 Å². The first-order chi connectivity index (χ1) is 7.16. The van der Waals surface area contributed by atoms with E-state index in [9.17, 15) is 0 Å². The highest BCUT2D eigenvalue weighted by atomic mass is 16.5. The summed E-state index contributed by atoms with van der Waals surface area (Å²) >= 11 is 0. The Balaban J connectivity index is 3.13. The van der Waals surface area contributed by atoms with Gasteiger partial charge in [-0.3, -0.25) is 0 Å². The molecule has 3 nitrogen and oxygen atoms in total. The van der Waals surface area contributed by atoms with Crippen LogP contribution in [0.15, 0.2) is 0 Å². The minimum absolute atomic E-state index is 0.596. The van der Waals surface area contributed by atoms with E-state index in [4.69, 9.17) is 9.47 Å². The number of nitrogens with one attached hydrogen (secondary N) is 1. The quantitative estimate of drug-likeness (QED) is 0.568. The van der Waals surface area contributed by atoms with Gasteiger partial charge in [-0.15, -0.1) is 0 Å². The molecule has 0 spiro atoms. The summed E-state index contributed by atoms with van der Waals surface area (Å²) in [7, 11) is 1.69. The average Bonchev–Trinajstić information content (AvgIpc) is 2.20. The maximum atomic E-state index is 5.36.